The Kier molecular flexibility index (Phi) is 7.30. The van der Waals surface area contributed by atoms with Crippen LogP contribution in [0.2, 0.25) is 10.0 Å². The quantitative estimate of drug-likeness (QED) is 0.493. The summed E-state index contributed by atoms with van der Waals surface area (Å²) in [6, 6.07) is 11.8. The number of aromatic nitrogens is 2. The first-order chi connectivity index (χ1) is 13.9. The van der Waals surface area contributed by atoms with E-state index in [-0.39, 0.29) is 24.2 Å². The molecule has 1 heterocycles. The summed E-state index contributed by atoms with van der Waals surface area (Å²) in [5.41, 5.74) is 2.51. The molecule has 2 N–H and O–H groups in total. The van der Waals surface area contributed by atoms with Crippen LogP contribution in [0, 0.1) is 5.92 Å². The number of nitrogens with zero attached hydrogens (tertiary/aromatic N) is 2. The number of anilines is 1. The average molecular weight is 468 g/mol. The van der Waals surface area contributed by atoms with Gasteiger partial charge in [0.2, 0.25) is 5.91 Å². The number of fused-ring (bicyclic) bond motifs is 1. The molecule has 30 heavy (non-hydrogen) atoms. The van der Waals surface area contributed by atoms with Crippen LogP contribution in [0.15, 0.2) is 36.4 Å². The van der Waals surface area contributed by atoms with E-state index in [4.69, 9.17) is 23.2 Å². The Morgan fingerprint density at radius 2 is 1.77 bits per heavy atom. The van der Waals surface area contributed by atoms with Crippen molar-refractivity contribution in [2.45, 2.75) is 31.7 Å². The molecule has 1 amide bonds. The first-order valence-electron chi connectivity index (χ1n) is 9.84. The molecular formula is C22H25Cl3N4O. The lowest BCUT2D eigenvalue weighted by Gasteiger charge is -2.31. The summed E-state index contributed by atoms with van der Waals surface area (Å²) >= 11 is 12.7. The SMILES string of the molecule is CN(C)C1CCC(C(=O)Nc2n[nH]c3ccc(-c4c(Cl)cccc4Cl)cc23)CC1.Cl. The number of nitrogens with one attached hydrogen (secondary N) is 2. The number of halogens is 3. The van der Waals surface area contributed by atoms with Gasteiger partial charge in [0.15, 0.2) is 5.82 Å². The fraction of sp³-hybridized carbons (Fsp3) is 0.364. The summed E-state index contributed by atoms with van der Waals surface area (Å²) in [7, 11) is 4.20. The number of rotatable bonds is 4. The number of hydrogen-bond acceptors (Lipinski definition) is 3. The van der Waals surface area contributed by atoms with Gasteiger partial charge in [0.25, 0.3) is 0 Å². The van der Waals surface area contributed by atoms with Crippen molar-refractivity contribution in [3.05, 3.63) is 46.4 Å². The smallest absolute Gasteiger partial charge is 0.228 e. The third kappa shape index (κ3) is 4.59. The van der Waals surface area contributed by atoms with Crippen LogP contribution < -0.4 is 5.32 Å². The lowest BCUT2D eigenvalue weighted by Crippen LogP contribution is -2.35. The minimum Gasteiger partial charge on any atom is -0.308 e. The van der Waals surface area contributed by atoms with E-state index in [1.54, 1.807) is 0 Å². The van der Waals surface area contributed by atoms with Gasteiger partial charge in [-0.2, -0.15) is 5.10 Å². The summed E-state index contributed by atoms with van der Waals surface area (Å²) in [6.07, 6.45) is 3.89. The highest BCUT2D eigenvalue weighted by Gasteiger charge is 2.28. The van der Waals surface area contributed by atoms with Crippen LogP contribution in [0.4, 0.5) is 5.82 Å². The molecule has 0 bridgehead atoms. The van der Waals surface area contributed by atoms with Crippen LogP contribution in [-0.4, -0.2) is 41.1 Å². The summed E-state index contributed by atoms with van der Waals surface area (Å²) in [4.78, 5) is 15.1. The number of hydrogen-bond donors (Lipinski definition) is 2. The lowest BCUT2D eigenvalue weighted by molar-refractivity contribution is -0.121. The molecule has 1 saturated carbocycles. The monoisotopic (exact) mass is 466 g/mol. The molecule has 0 spiro atoms. The van der Waals surface area contributed by atoms with Gasteiger partial charge in [0.1, 0.15) is 0 Å². The third-order valence-corrected chi connectivity index (χ3v) is 6.48. The van der Waals surface area contributed by atoms with Crippen molar-refractivity contribution in [2.24, 2.45) is 5.92 Å². The molecule has 1 aromatic heterocycles. The molecule has 1 aliphatic carbocycles. The van der Waals surface area contributed by atoms with Gasteiger partial charge in [-0.25, -0.2) is 0 Å². The molecule has 0 atom stereocenters. The van der Waals surface area contributed by atoms with Crippen LogP contribution in [0.3, 0.4) is 0 Å². The predicted octanol–water partition coefficient (Wildman–Crippen LogP) is 6.02. The molecule has 0 radical (unpaired) electrons. The largest absolute Gasteiger partial charge is 0.308 e. The Morgan fingerprint density at radius 3 is 2.40 bits per heavy atom. The van der Waals surface area contributed by atoms with E-state index in [1.165, 1.54) is 0 Å². The van der Waals surface area contributed by atoms with Crippen molar-refractivity contribution < 1.29 is 4.79 Å². The average Bonchev–Trinajstić information content (AvgIpc) is 3.10. The Hall–Kier alpha value is -1.79. The van der Waals surface area contributed by atoms with Crippen molar-refractivity contribution in [3.63, 3.8) is 0 Å². The Bertz CT molecular complexity index is 1020. The van der Waals surface area contributed by atoms with Gasteiger partial charge in [-0.3, -0.25) is 9.89 Å². The second kappa shape index (κ2) is 9.56. The molecule has 1 fully saturated rings. The third-order valence-electron chi connectivity index (χ3n) is 5.85. The zero-order valence-corrected chi connectivity index (χ0v) is 19.2. The van der Waals surface area contributed by atoms with Crippen LogP contribution in [0.5, 0.6) is 0 Å². The second-order valence-electron chi connectivity index (χ2n) is 7.89. The van der Waals surface area contributed by atoms with Crippen molar-refractivity contribution in [1.82, 2.24) is 15.1 Å². The zero-order chi connectivity index (χ0) is 20.5. The first kappa shape index (κ1) is 22.9. The molecule has 5 nitrogen and oxygen atoms in total. The molecule has 0 unspecified atom stereocenters. The Labute approximate surface area is 192 Å². The second-order valence-corrected chi connectivity index (χ2v) is 8.70. The van der Waals surface area contributed by atoms with Crippen LogP contribution in [-0.2, 0) is 4.79 Å². The Morgan fingerprint density at radius 1 is 1.10 bits per heavy atom. The topological polar surface area (TPSA) is 61.0 Å². The number of carbonyl (C=O) groups is 1. The van der Waals surface area contributed by atoms with Crippen LogP contribution >= 0.6 is 35.6 Å². The molecule has 4 rings (SSSR count). The van der Waals surface area contributed by atoms with Crippen molar-refractivity contribution in [3.8, 4) is 11.1 Å². The van der Waals surface area contributed by atoms with Gasteiger partial charge in [-0.05, 0) is 69.6 Å². The molecule has 0 saturated heterocycles. The van der Waals surface area contributed by atoms with E-state index in [0.29, 0.717) is 21.9 Å². The Balaban J connectivity index is 0.00000256. The fourth-order valence-corrected chi connectivity index (χ4v) is 4.73. The van der Waals surface area contributed by atoms with E-state index in [1.807, 2.05) is 36.4 Å². The minimum absolute atomic E-state index is 0. The summed E-state index contributed by atoms with van der Waals surface area (Å²) < 4.78 is 0. The van der Waals surface area contributed by atoms with Gasteiger partial charge < -0.3 is 10.2 Å². The molecule has 1 aliphatic rings. The number of H-pyrrole nitrogens is 1. The molecule has 160 valence electrons. The van der Waals surface area contributed by atoms with E-state index < -0.39 is 0 Å². The summed E-state index contributed by atoms with van der Waals surface area (Å²) in [5.74, 6) is 0.612. The lowest BCUT2D eigenvalue weighted by atomic mass is 9.85. The van der Waals surface area contributed by atoms with Gasteiger partial charge in [0, 0.05) is 33.0 Å². The van der Waals surface area contributed by atoms with Crippen molar-refractivity contribution in [2.75, 3.05) is 19.4 Å². The molecule has 3 aromatic rings. The normalized spacial score (nSPS) is 19.0. The number of carbonyl (C=O) groups excluding carboxylic acids is 1. The van der Waals surface area contributed by atoms with Crippen molar-refractivity contribution in [1.29, 1.82) is 0 Å². The molecule has 8 heteroatoms. The zero-order valence-electron chi connectivity index (χ0n) is 16.9. The van der Waals surface area contributed by atoms with Gasteiger partial charge in [-0.1, -0.05) is 35.3 Å². The highest BCUT2D eigenvalue weighted by molar-refractivity contribution is 6.39. The highest BCUT2D eigenvalue weighted by atomic mass is 35.5. The molecule has 0 aliphatic heterocycles. The van der Waals surface area contributed by atoms with Gasteiger partial charge >= 0.3 is 0 Å². The molecule has 2 aromatic carbocycles. The van der Waals surface area contributed by atoms with E-state index in [2.05, 4.69) is 34.5 Å². The first-order valence-corrected chi connectivity index (χ1v) is 10.6. The van der Waals surface area contributed by atoms with Crippen molar-refractivity contribution >= 4 is 58.2 Å². The standard InChI is InChI=1S/C22H24Cl2N4O.ClH/c1-28(2)15-9-6-13(7-10-15)22(29)25-21-16-12-14(8-11-19(16)26-27-21)20-17(23)4-3-5-18(20)24;/h3-5,8,11-13,15H,6-7,9-10H2,1-2H3,(H2,25,26,27,29);1H. The maximum absolute atomic E-state index is 12.8. The van der Waals surface area contributed by atoms with E-state index in [9.17, 15) is 4.79 Å². The number of benzene rings is 2. The van der Waals surface area contributed by atoms with E-state index >= 15 is 0 Å². The predicted molar refractivity (Wildman–Crippen MR) is 127 cm³/mol. The molecular weight excluding hydrogens is 443 g/mol. The van der Waals surface area contributed by atoms with Gasteiger partial charge in [0.05, 0.1) is 5.52 Å². The number of amides is 1. The van der Waals surface area contributed by atoms with Gasteiger partial charge in [-0.15, -0.1) is 12.4 Å². The summed E-state index contributed by atoms with van der Waals surface area (Å²) in [5, 5.41) is 12.4. The maximum Gasteiger partial charge on any atom is 0.228 e. The highest BCUT2D eigenvalue weighted by Crippen LogP contribution is 2.37. The minimum atomic E-state index is 0. The fourth-order valence-electron chi connectivity index (χ4n) is 4.11. The van der Waals surface area contributed by atoms with E-state index in [0.717, 1.165) is 47.7 Å². The van der Waals surface area contributed by atoms with Crippen LogP contribution in [0.25, 0.3) is 22.0 Å². The van der Waals surface area contributed by atoms with Crippen LogP contribution in [0.1, 0.15) is 25.7 Å². The summed E-state index contributed by atoms with van der Waals surface area (Å²) in [6.45, 7) is 0. The number of aromatic amines is 1. The maximum atomic E-state index is 12.8.